The molecule has 0 aromatic carbocycles. The normalized spacial score (nSPS) is 12.1. The van der Waals surface area contributed by atoms with Gasteiger partial charge in [0.1, 0.15) is 6.54 Å². The van der Waals surface area contributed by atoms with Gasteiger partial charge in [0, 0.05) is 38.1 Å². The molecule has 110 valence electrons. The summed E-state index contributed by atoms with van der Waals surface area (Å²) in [5.74, 6) is 0. The highest BCUT2D eigenvalue weighted by Gasteiger charge is 2.28. The first-order chi connectivity index (χ1) is 9.33. The minimum atomic E-state index is -4.25. The van der Waals surface area contributed by atoms with Gasteiger partial charge >= 0.3 is 6.18 Å². The monoisotopic (exact) mass is 287 g/mol. The molecule has 0 radical (unpaired) electrons. The summed E-state index contributed by atoms with van der Waals surface area (Å²) >= 11 is 0. The molecule has 0 spiro atoms. The Kier molecular flexibility index (Phi) is 4.12. The van der Waals surface area contributed by atoms with E-state index in [4.69, 9.17) is 0 Å². The van der Waals surface area contributed by atoms with Crippen molar-refractivity contribution in [3.8, 4) is 0 Å². The van der Waals surface area contributed by atoms with Crippen LogP contribution in [0.1, 0.15) is 17.0 Å². The number of nitrogens with zero attached hydrogens (tertiary/aromatic N) is 4. The van der Waals surface area contributed by atoms with Crippen molar-refractivity contribution >= 4 is 0 Å². The molecular weight excluding hydrogens is 271 g/mol. The van der Waals surface area contributed by atoms with Crippen LogP contribution in [-0.2, 0) is 26.7 Å². The van der Waals surface area contributed by atoms with E-state index in [2.05, 4.69) is 15.5 Å². The number of alkyl halides is 3. The van der Waals surface area contributed by atoms with Gasteiger partial charge in [0.2, 0.25) is 0 Å². The molecule has 0 aliphatic carbocycles. The Bertz CT molecular complexity index is 570. The summed E-state index contributed by atoms with van der Waals surface area (Å²) in [6, 6.07) is 1.58. The zero-order valence-corrected chi connectivity index (χ0v) is 11.3. The van der Waals surface area contributed by atoms with Gasteiger partial charge < -0.3 is 5.32 Å². The maximum atomic E-state index is 12.2. The van der Waals surface area contributed by atoms with E-state index in [0.717, 1.165) is 15.9 Å². The van der Waals surface area contributed by atoms with E-state index in [1.807, 2.05) is 20.2 Å². The zero-order chi connectivity index (χ0) is 14.8. The Balaban J connectivity index is 1.84. The number of halogens is 3. The van der Waals surface area contributed by atoms with Crippen LogP contribution in [0.2, 0.25) is 0 Å². The molecule has 0 unspecified atom stereocenters. The van der Waals surface area contributed by atoms with E-state index >= 15 is 0 Å². The summed E-state index contributed by atoms with van der Waals surface area (Å²) < 4.78 is 39.2. The van der Waals surface area contributed by atoms with Gasteiger partial charge in [0.05, 0.1) is 11.4 Å². The molecule has 2 heterocycles. The fourth-order valence-corrected chi connectivity index (χ4v) is 1.92. The highest BCUT2D eigenvalue weighted by atomic mass is 19.4. The van der Waals surface area contributed by atoms with Gasteiger partial charge in [-0.15, -0.1) is 0 Å². The van der Waals surface area contributed by atoms with Gasteiger partial charge in [-0.3, -0.25) is 9.36 Å². The molecule has 0 fully saturated rings. The molecule has 2 rings (SSSR count). The van der Waals surface area contributed by atoms with Gasteiger partial charge in [-0.2, -0.15) is 23.4 Å². The van der Waals surface area contributed by atoms with Crippen molar-refractivity contribution in [2.45, 2.75) is 32.7 Å². The van der Waals surface area contributed by atoms with E-state index < -0.39 is 12.7 Å². The average Bonchev–Trinajstić information content (AvgIpc) is 2.84. The first-order valence-electron chi connectivity index (χ1n) is 6.12. The van der Waals surface area contributed by atoms with Crippen LogP contribution in [0, 0.1) is 6.92 Å². The van der Waals surface area contributed by atoms with Crippen LogP contribution < -0.4 is 5.32 Å². The lowest BCUT2D eigenvalue weighted by Crippen LogP contribution is -2.19. The highest BCUT2D eigenvalue weighted by molar-refractivity contribution is 5.15. The number of rotatable bonds is 5. The van der Waals surface area contributed by atoms with Crippen LogP contribution in [0.4, 0.5) is 13.2 Å². The standard InChI is InChI=1S/C12H16F3N5/c1-9-10(7-19(2)17-9)5-16-6-11-3-4-20(18-11)8-12(13,14)15/h3-4,7,16H,5-6,8H2,1-2H3. The molecule has 2 aromatic heterocycles. The van der Waals surface area contributed by atoms with Gasteiger partial charge in [-0.05, 0) is 13.0 Å². The van der Waals surface area contributed by atoms with Crippen LogP contribution >= 0.6 is 0 Å². The first-order valence-corrected chi connectivity index (χ1v) is 6.12. The van der Waals surface area contributed by atoms with Crippen LogP contribution in [0.3, 0.4) is 0 Å². The van der Waals surface area contributed by atoms with Crippen molar-refractivity contribution in [3.05, 3.63) is 35.4 Å². The van der Waals surface area contributed by atoms with E-state index in [-0.39, 0.29) is 0 Å². The molecule has 0 amide bonds. The topological polar surface area (TPSA) is 47.7 Å². The Morgan fingerprint density at radius 2 is 2.00 bits per heavy atom. The summed E-state index contributed by atoms with van der Waals surface area (Å²) in [5, 5.41) is 11.2. The molecular formula is C12H16F3N5. The molecule has 0 aliphatic heterocycles. The van der Waals surface area contributed by atoms with E-state index in [1.54, 1.807) is 10.7 Å². The Hall–Kier alpha value is -1.83. The quantitative estimate of drug-likeness (QED) is 0.912. The van der Waals surface area contributed by atoms with E-state index in [1.165, 1.54) is 6.20 Å². The second kappa shape index (κ2) is 5.66. The summed E-state index contributed by atoms with van der Waals surface area (Å²) in [4.78, 5) is 0. The van der Waals surface area contributed by atoms with Crippen molar-refractivity contribution in [3.63, 3.8) is 0 Å². The van der Waals surface area contributed by atoms with Crippen molar-refractivity contribution < 1.29 is 13.2 Å². The molecule has 8 heteroatoms. The van der Waals surface area contributed by atoms with Crippen molar-refractivity contribution in [2.75, 3.05) is 0 Å². The SMILES string of the molecule is Cc1nn(C)cc1CNCc1ccn(CC(F)(F)F)n1. The maximum absolute atomic E-state index is 12.2. The van der Waals surface area contributed by atoms with Crippen LogP contribution in [-0.4, -0.2) is 25.7 Å². The maximum Gasteiger partial charge on any atom is 0.408 e. The highest BCUT2D eigenvalue weighted by Crippen LogP contribution is 2.16. The lowest BCUT2D eigenvalue weighted by atomic mass is 10.2. The van der Waals surface area contributed by atoms with Gasteiger partial charge in [-0.25, -0.2) is 0 Å². The molecule has 0 saturated carbocycles. The minimum Gasteiger partial charge on any atom is -0.307 e. The van der Waals surface area contributed by atoms with Crippen LogP contribution in [0.25, 0.3) is 0 Å². The third-order valence-corrected chi connectivity index (χ3v) is 2.77. The van der Waals surface area contributed by atoms with Gasteiger partial charge in [0.15, 0.2) is 0 Å². The fourth-order valence-electron chi connectivity index (χ4n) is 1.92. The zero-order valence-electron chi connectivity index (χ0n) is 11.3. The lowest BCUT2D eigenvalue weighted by Gasteiger charge is -2.05. The van der Waals surface area contributed by atoms with E-state index in [9.17, 15) is 13.2 Å². The summed E-state index contributed by atoms with van der Waals surface area (Å²) in [6.07, 6.45) is -1.01. The van der Waals surface area contributed by atoms with Crippen LogP contribution in [0.15, 0.2) is 18.5 Å². The Labute approximate surface area is 114 Å². The molecule has 20 heavy (non-hydrogen) atoms. The summed E-state index contributed by atoms with van der Waals surface area (Å²) in [7, 11) is 1.84. The second-order valence-corrected chi connectivity index (χ2v) is 4.64. The number of hydrogen-bond acceptors (Lipinski definition) is 3. The predicted octanol–water partition coefficient (Wildman–Crippen LogP) is 1.78. The minimum absolute atomic E-state index is 0.416. The molecule has 1 N–H and O–H groups in total. The number of nitrogens with one attached hydrogen (secondary N) is 1. The smallest absolute Gasteiger partial charge is 0.307 e. The molecule has 0 aliphatic rings. The van der Waals surface area contributed by atoms with Crippen molar-refractivity contribution in [2.24, 2.45) is 7.05 Å². The molecule has 2 aromatic rings. The number of aromatic nitrogens is 4. The van der Waals surface area contributed by atoms with E-state index in [0.29, 0.717) is 18.8 Å². The first kappa shape index (κ1) is 14.6. The van der Waals surface area contributed by atoms with Crippen molar-refractivity contribution in [1.82, 2.24) is 24.9 Å². The summed E-state index contributed by atoms with van der Waals surface area (Å²) in [5.41, 5.74) is 2.57. The number of hydrogen-bond donors (Lipinski definition) is 1. The number of aryl methyl sites for hydroxylation is 2. The molecule has 0 saturated heterocycles. The molecule has 0 bridgehead atoms. The third-order valence-electron chi connectivity index (χ3n) is 2.77. The average molecular weight is 287 g/mol. The Morgan fingerprint density at radius 3 is 2.60 bits per heavy atom. The van der Waals surface area contributed by atoms with Gasteiger partial charge in [-0.1, -0.05) is 0 Å². The Morgan fingerprint density at radius 1 is 1.25 bits per heavy atom. The fraction of sp³-hybridized carbons (Fsp3) is 0.500. The molecule has 5 nitrogen and oxygen atoms in total. The van der Waals surface area contributed by atoms with Crippen molar-refractivity contribution in [1.29, 1.82) is 0 Å². The van der Waals surface area contributed by atoms with Crippen LogP contribution in [0.5, 0.6) is 0 Å². The second-order valence-electron chi connectivity index (χ2n) is 4.64. The predicted molar refractivity (Wildman–Crippen MR) is 66.8 cm³/mol. The third kappa shape index (κ3) is 4.09. The lowest BCUT2D eigenvalue weighted by molar-refractivity contribution is -0.142. The largest absolute Gasteiger partial charge is 0.408 e. The molecule has 0 atom stereocenters. The van der Waals surface area contributed by atoms with Gasteiger partial charge in [0.25, 0.3) is 0 Å². The summed E-state index contributed by atoms with van der Waals surface area (Å²) in [6.45, 7) is 1.87.